The second kappa shape index (κ2) is 6.87. The Morgan fingerprint density at radius 3 is 2.20 bits per heavy atom. The van der Waals surface area contributed by atoms with E-state index in [9.17, 15) is 0 Å². The van der Waals surface area contributed by atoms with Gasteiger partial charge >= 0.3 is 0 Å². The van der Waals surface area contributed by atoms with E-state index in [4.69, 9.17) is 32.7 Å². The van der Waals surface area contributed by atoms with Gasteiger partial charge in [-0.3, -0.25) is 0 Å². The van der Waals surface area contributed by atoms with E-state index >= 15 is 0 Å². The first-order chi connectivity index (χ1) is 9.62. The Kier molecular flexibility index (Phi) is 5.16. The standard InChI is InChI=1S/C16H16Cl2O2/c1-19-14-8-12(9-15(10-14)20-2)16(18)7-11-4-3-5-13(17)6-11/h3-6,8-10,16H,7H2,1-2H3. The lowest BCUT2D eigenvalue weighted by atomic mass is 10.0. The summed E-state index contributed by atoms with van der Waals surface area (Å²) in [5.74, 6) is 1.46. The summed E-state index contributed by atoms with van der Waals surface area (Å²) >= 11 is 12.5. The molecule has 106 valence electrons. The zero-order valence-electron chi connectivity index (χ0n) is 11.4. The lowest BCUT2D eigenvalue weighted by Crippen LogP contribution is -1.98. The van der Waals surface area contributed by atoms with Crippen LogP contribution in [-0.2, 0) is 6.42 Å². The summed E-state index contributed by atoms with van der Waals surface area (Å²) in [6, 6.07) is 13.4. The highest BCUT2D eigenvalue weighted by Gasteiger charge is 2.12. The molecule has 0 radical (unpaired) electrons. The van der Waals surface area contributed by atoms with Crippen molar-refractivity contribution in [1.82, 2.24) is 0 Å². The van der Waals surface area contributed by atoms with Gasteiger partial charge in [0.2, 0.25) is 0 Å². The van der Waals surface area contributed by atoms with Crippen molar-refractivity contribution in [2.24, 2.45) is 0 Å². The number of benzene rings is 2. The molecule has 2 rings (SSSR count). The van der Waals surface area contributed by atoms with Crippen LogP contribution >= 0.6 is 23.2 Å². The summed E-state index contributed by atoms with van der Waals surface area (Å²) in [7, 11) is 3.25. The van der Waals surface area contributed by atoms with Crippen molar-refractivity contribution in [3.05, 3.63) is 58.6 Å². The summed E-state index contributed by atoms with van der Waals surface area (Å²) in [6.07, 6.45) is 0.693. The molecule has 2 aromatic carbocycles. The van der Waals surface area contributed by atoms with E-state index < -0.39 is 0 Å². The van der Waals surface area contributed by atoms with E-state index in [-0.39, 0.29) is 5.38 Å². The highest BCUT2D eigenvalue weighted by molar-refractivity contribution is 6.30. The average Bonchev–Trinajstić information content (AvgIpc) is 2.46. The summed E-state index contributed by atoms with van der Waals surface area (Å²) in [5.41, 5.74) is 2.06. The molecule has 4 heteroatoms. The van der Waals surface area contributed by atoms with E-state index in [1.54, 1.807) is 14.2 Å². The molecule has 0 aromatic heterocycles. The molecule has 0 amide bonds. The van der Waals surface area contributed by atoms with Gasteiger partial charge in [0.05, 0.1) is 19.6 Å². The molecule has 0 heterocycles. The predicted molar refractivity (Wildman–Crippen MR) is 83.3 cm³/mol. The van der Waals surface area contributed by atoms with Gasteiger partial charge in [0.25, 0.3) is 0 Å². The Bertz CT molecular complexity index is 562. The molecule has 0 spiro atoms. The zero-order valence-corrected chi connectivity index (χ0v) is 12.9. The van der Waals surface area contributed by atoms with Crippen LogP contribution in [-0.4, -0.2) is 14.2 Å². The fourth-order valence-electron chi connectivity index (χ4n) is 2.00. The van der Waals surface area contributed by atoms with Gasteiger partial charge in [-0.1, -0.05) is 23.7 Å². The van der Waals surface area contributed by atoms with Gasteiger partial charge in [-0.25, -0.2) is 0 Å². The summed E-state index contributed by atoms with van der Waals surface area (Å²) < 4.78 is 10.5. The first-order valence-corrected chi connectivity index (χ1v) is 7.05. The fraction of sp³-hybridized carbons (Fsp3) is 0.250. The number of ether oxygens (including phenoxy) is 2. The van der Waals surface area contributed by atoms with Gasteiger partial charge in [-0.05, 0) is 41.8 Å². The van der Waals surface area contributed by atoms with Crippen molar-refractivity contribution >= 4 is 23.2 Å². The van der Waals surface area contributed by atoms with Gasteiger partial charge in [-0.15, -0.1) is 11.6 Å². The SMILES string of the molecule is COc1cc(OC)cc(C(Cl)Cc2cccc(Cl)c2)c1. The van der Waals surface area contributed by atoms with E-state index in [1.807, 2.05) is 42.5 Å². The highest BCUT2D eigenvalue weighted by atomic mass is 35.5. The minimum absolute atomic E-state index is 0.169. The summed E-state index contributed by atoms with van der Waals surface area (Å²) in [4.78, 5) is 0. The van der Waals surface area contributed by atoms with Crippen LogP contribution in [0.3, 0.4) is 0 Å². The number of rotatable bonds is 5. The fourth-order valence-corrected chi connectivity index (χ4v) is 2.52. The normalized spacial score (nSPS) is 12.0. The van der Waals surface area contributed by atoms with Crippen molar-refractivity contribution in [2.45, 2.75) is 11.8 Å². The van der Waals surface area contributed by atoms with Crippen LogP contribution in [0.2, 0.25) is 5.02 Å². The van der Waals surface area contributed by atoms with E-state index in [0.717, 1.165) is 27.6 Å². The van der Waals surface area contributed by atoms with Crippen molar-refractivity contribution in [1.29, 1.82) is 0 Å². The Morgan fingerprint density at radius 2 is 1.65 bits per heavy atom. The molecule has 0 aliphatic carbocycles. The molecule has 0 saturated carbocycles. The van der Waals surface area contributed by atoms with E-state index in [1.165, 1.54) is 0 Å². The minimum atomic E-state index is -0.169. The molecule has 0 aliphatic heterocycles. The number of hydrogen-bond acceptors (Lipinski definition) is 2. The molecule has 2 nitrogen and oxygen atoms in total. The number of hydrogen-bond donors (Lipinski definition) is 0. The molecular weight excluding hydrogens is 295 g/mol. The smallest absolute Gasteiger partial charge is 0.122 e. The average molecular weight is 311 g/mol. The van der Waals surface area contributed by atoms with Crippen molar-refractivity contribution in [3.8, 4) is 11.5 Å². The summed E-state index contributed by atoms with van der Waals surface area (Å²) in [6.45, 7) is 0. The molecule has 0 N–H and O–H groups in total. The Hall–Kier alpha value is -1.38. The number of methoxy groups -OCH3 is 2. The monoisotopic (exact) mass is 310 g/mol. The molecule has 0 bridgehead atoms. The van der Waals surface area contributed by atoms with Crippen molar-refractivity contribution in [2.75, 3.05) is 14.2 Å². The zero-order chi connectivity index (χ0) is 14.5. The van der Waals surface area contributed by atoms with Crippen LogP contribution < -0.4 is 9.47 Å². The molecule has 0 saturated heterocycles. The Balaban J connectivity index is 2.22. The van der Waals surface area contributed by atoms with Crippen molar-refractivity contribution < 1.29 is 9.47 Å². The second-order valence-corrected chi connectivity index (χ2v) is 5.41. The predicted octanol–water partition coefficient (Wildman–Crippen LogP) is 4.88. The van der Waals surface area contributed by atoms with Crippen LogP contribution in [0.25, 0.3) is 0 Å². The second-order valence-electron chi connectivity index (χ2n) is 4.45. The van der Waals surface area contributed by atoms with Gasteiger partial charge < -0.3 is 9.47 Å². The third-order valence-corrected chi connectivity index (χ3v) is 3.68. The molecule has 20 heavy (non-hydrogen) atoms. The third-order valence-electron chi connectivity index (χ3n) is 3.04. The first-order valence-electron chi connectivity index (χ1n) is 6.24. The minimum Gasteiger partial charge on any atom is -0.497 e. The van der Waals surface area contributed by atoms with Crippen LogP contribution in [0.15, 0.2) is 42.5 Å². The van der Waals surface area contributed by atoms with Gasteiger partial charge in [0.1, 0.15) is 11.5 Å². The number of alkyl halides is 1. The van der Waals surface area contributed by atoms with Crippen LogP contribution in [0.4, 0.5) is 0 Å². The molecular formula is C16H16Cl2O2. The number of halogens is 2. The van der Waals surface area contributed by atoms with Gasteiger partial charge in [0.15, 0.2) is 0 Å². The molecule has 2 aromatic rings. The molecule has 1 atom stereocenters. The van der Waals surface area contributed by atoms with Crippen LogP contribution in [0, 0.1) is 0 Å². The summed E-state index contributed by atoms with van der Waals surface area (Å²) in [5, 5.41) is 0.548. The van der Waals surface area contributed by atoms with Crippen molar-refractivity contribution in [3.63, 3.8) is 0 Å². The molecule has 0 fully saturated rings. The maximum absolute atomic E-state index is 6.50. The Labute approximate surface area is 129 Å². The first kappa shape index (κ1) is 15.0. The maximum Gasteiger partial charge on any atom is 0.122 e. The van der Waals surface area contributed by atoms with Gasteiger partial charge in [-0.2, -0.15) is 0 Å². The van der Waals surface area contributed by atoms with E-state index in [2.05, 4.69) is 0 Å². The Morgan fingerprint density at radius 1 is 1.00 bits per heavy atom. The lowest BCUT2D eigenvalue weighted by Gasteiger charge is -2.13. The highest BCUT2D eigenvalue weighted by Crippen LogP contribution is 2.32. The van der Waals surface area contributed by atoms with Gasteiger partial charge in [0, 0.05) is 11.1 Å². The topological polar surface area (TPSA) is 18.5 Å². The van der Waals surface area contributed by atoms with E-state index in [0.29, 0.717) is 6.42 Å². The third kappa shape index (κ3) is 3.81. The molecule has 0 aliphatic rings. The largest absolute Gasteiger partial charge is 0.497 e. The molecule has 1 unspecified atom stereocenters. The lowest BCUT2D eigenvalue weighted by molar-refractivity contribution is 0.393. The maximum atomic E-state index is 6.50. The van der Waals surface area contributed by atoms with Crippen LogP contribution in [0.1, 0.15) is 16.5 Å². The van der Waals surface area contributed by atoms with Crippen LogP contribution in [0.5, 0.6) is 11.5 Å². The quantitative estimate of drug-likeness (QED) is 0.733.